The van der Waals surface area contributed by atoms with Crippen molar-refractivity contribution in [2.24, 2.45) is 0 Å². The summed E-state index contributed by atoms with van der Waals surface area (Å²) < 4.78 is 1.88. The number of carbonyl (C=O) groups excluding carboxylic acids is 1. The number of aryl methyl sites for hydroxylation is 4. The zero-order valence-corrected chi connectivity index (χ0v) is 18.9. The van der Waals surface area contributed by atoms with E-state index in [1.54, 1.807) is 0 Å². The molecule has 160 valence electrons. The third-order valence-corrected chi connectivity index (χ3v) is 5.99. The number of rotatable bonds is 6. The van der Waals surface area contributed by atoms with Gasteiger partial charge in [-0.15, -0.1) is 5.10 Å². The number of nitrogens with zero attached hydrogens (tertiary/aromatic N) is 4. The van der Waals surface area contributed by atoms with Gasteiger partial charge in [0.15, 0.2) is 11.3 Å². The number of amides is 1. The van der Waals surface area contributed by atoms with Crippen LogP contribution in [0.15, 0.2) is 36.4 Å². The Labute approximate surface area is 182 Å². The maximum absolute atomic E-state index is 12.5. The lowest BCUT2D eigenvalue weighted by atomic mass is 10.0. The van der Waals surface area contributed by atoms with Crippen molar-refractivity contribution in [1.29, 1.82) is 0 Å². The molecule has 0 spiro atoms. The van der Waals surface area contributed by atoms with Crippen molar-refractivity contribution >= 4 is 22.6 Å². The van der Waals surface area contributed by atoms with Gasteiger partial charge in [-0.3, -0.25) is 4.79 Å². The Morgan fingerprint density at radius 3 is 2.58 bits per heavy atom. The molecule has 0 aliphatic rings. The van der Waals surface area contributed by atoms with E-state index in [0.29, 0.717) is 19.4 Å². The lowest BCUT2D eigenvalue weighted by Crippen LogP contribution is -2.27. The van der Waals surface area contributed by atoms with Crippen LogP contribution in [0.5, 0.6) is 0 Å². The maximum atomic E-state index is 12.5. The van der Waals surface area contributed by atoms with E-state index in [1.165, 1.54) is 5.56 Å². The number of hydrogen-bond donors (Lipinski definition) is 1. The number of pyridine rings is 1. The van der Waals surface area contributed by atoms with Crippen molar-refractivity contribution in [3.05, 3.63) is 70.2 Å². The minimum atomic E-state index is 0.0560. The van der Waals surface area contributed by atoms with Crippen molar-refractivity contribution in [1.82, 2.24) is 24.9 Å². The number of nitrogens with one attached hydrogen (secondary N) is 1. The number of aromatic nitrogens is 4. The SMILES string of the molecule is Cc1cc(C)c2c(n1)nn1c(C)c(CCC(=O)NC[C@H](C)c3ccccc3)c(C)nc21. The van der Waals surface area contributed by atoms with Gasteiger partial charge in [-0.2, -0.15) is 0 Å². The molecule has 1 amide bonds. The van der Waals surface area contributed by atoms with Crippen LogP contribution in [-0.4, -0.2) is 32.0 Å². The van der Waals surface area contributed by atoms with Gasteiger partial charge in [0.25, 0.3) is 0 Å². The molecule has 1 N–H and O–H groups in total. The van der Waals surface area contributed by atoms with Crippen LogP contribution in [0, 0.1) is 27.7 Å². The average Bonchev–Trinajstić information content (AvgIpc) is 3.11. The Hall–Kier alpha value is -3.28. The first-order chi connectivity index (χ1) is 14.8. The standard InChI is InChI=1S/C25H29N5O/c1-15-13-17(3)27-24-23(15)25-28-18(4)21(19(5)30(25)29-24)11-12-22(31)26-14-16(2)20-9-7-6-8-10-20/h6-10,13,16H,11-12,14H2,1-5H3,(H,26,31)/t16-/m0/s1. The molecule has 0 saturated heterocycles. The lowest BCUT2D eigenvalue weighted by Gasteiger charge is -2.14. The summed E-state index contributed by atoms with van der Waals surface area (Å²) in [6.45, 7) is 10.9. The molecule has 0 aliphatic heterocycles. The summed E-state index contributed by atoms with van der Waals surface area (Å²) in [6, 6.07) is 12.3. The molecule has 4 rings (SSSR count). The van der Waals surface area contributed by atoms with Gasteiger partial charge in [0.05, 0.1) is 5.39 Å². The van der Waals surface area contributed by atoms with E-state index in [4.69, 9.17) is 10.1 Å². The molecule has 31 heavy (non-hydrogen) atoms. The summed E-state index contributed by atoms with van der Waals surface area (Å²) in [5.41, 5.74) is 7.89. The largest absolute Gasteiger partial charge is 0.355 e. The van der Waals surface area contributed by atoms with E-state index in [-0.39, 0.29) is 11.8 Å². The van der Waals surface area contributed by atoms with Crippen LogP contribution in [0.1, 0.15) is 53.0 Å². The molecule has 0 radical (unpaired) electrons. The Morgan fingerprint density at radius 1 is 1.10 bits per heavy atom. The number of hydrogen-bond acceptors (Lipinski definition) is 4. The summed E-state index contributed by atoms with van der Waals surface area (Å²) in [6.07, 6.45) is 1.06. The fourth-order valence-corrected chi connectivity index (χ4v) is 4.22. The van der Waals surface area contributed by atoms with E-state index < -0.39 is 0 Å². The normalized spacial score (nSPS) is 12.4. The van der Waals surface area contributed by atoms with Crippen LogP contribution in [0.25, 0.3) is 16.7 Å². The topological polar surface area (TPSA) is 72.2 Å². The average molecular weight is 416 g/mol. The fraction of sp³-hybridized carbons (Fsp3) is 0.360. The van der Waals surface area contributed by atoms with Gasteiger partial charge in [-0.05, 0) is 62.8 Å². The highest BCUT2D eigenvalue weighted by molar-refractivity contribution is 5.93. The second kappa shape index (κ2) is 8.46. The molecule has 4 aromatic rings. The Kier molecular flexibility index (Phi) is 5.72. The van der Waals surface area contributed by atoms with Crippen molar-refractivity contribution < 1.29 is 4.79 Å². The van der Waals surface area contributed by atoms with Gasteiger partial charge in [0.1, 0.15) is 0 Å². The van der Waals surface area contributed by atoms with E-state index in [9.17, 15) is 4.79 Å². The van der Waals surface area contributed by atoms with Gasteiger partial charge >= 0.3 is 0 Å². The van der Waals surface area contributed by atoms with Gasteiger partial charge in [0.2, 0.25) is 5.91 Å². The van der Waals surface area contributed by atoms with E-state index in [2.05, 4.69) is 42.3 Å². The first-order valence-electron chi connectivity index (χ1n) is 10.8. The molecule has 1 aromatic carbocycles. The van der Waals surface area contributed by atoms with Crippen LogP contribution in [0.4, 0.5) is 0 Å². The minimum Gasteiger partial charge on any atom is -0.355 e. The number of carbonyl (C=O) groups is 1. The third kappa shape index (κ3) is 4.15. The first kappa shape index (κ1) is 21.0. The molecule has 6 nitrogen and oxygen atoms in total. The first-order valence-corrected chi connectivity index (χ1v) is 10.8. The van der Waals surface area contributed by atoms with Gasteiger partial charge in [-0.25, -0.2) is 14.5 Å². The molecule has 0 fully saturated rings. The quantitative estimate of drug-likeness (QED) is 0.508. The fourth-order valence-electron chi connectivity index (χ4n) is 4.22. The second-order valence-electron chi connectivity index (χ2n) is 8.39. The van der Waals surface area contributed by atoms with E-state index >= 15 is 0 Å². The zero-order chi connectivity index (χ0) is 22.1. The van der Waals surface area contributed by atoms with Crippen molar-refractivity contribution in [2.45, 2.75) is 53.4 Å². The minimum absolute atomic E-state index is 0.0560. The summed E-state index contributed by atoms with van der Waals surface area (Å²) in [7, 11) is 0. The van der Waals surface area contributed by atoms with Crippen LogP contribution in [-0.2, 0) is 11.2 Å². The highest BCUT2D eigenvalue weighted by Crippen LogP contribution is 2.25. The van der Waals surface area contributed by atoms with Crippen LogP contribution in [0.2, 0.25) is 0 Å². The Balaban J connectivity index is 1.50. The summed E-state index contributed by atoms with van der Waals surface area (Å²) in [5.74, 6) is 0.336. The monoisotopic (exact) mass is 415 g/mol. The van der Waals surface area contributed by atoms with Gasteiger partial charge in [0, 0.05) is 30.0 Å². The summed E-state index contributed by atoms with van der Waals surface area (Å²) in [4.78, 5) is 21.9. The van der Waals surface area contributed by atoms with E-state index in [1.807, 2.05) is 43.5 Å². The van der Waals surface area contributed by atoms with Crippen molar-refractivity contribution in [3.63, 3.8) is 0 Å². The Morgan fingerprint density at radius 2 is 1.84 bits per heavy atom. The zero-order valence-electron chi connectivity index (χ0n) is 18.9. The van der Waals surface area contributed by atoms with E-state index in [0.717, 1.165) is 44.9 Å². The van der Waals surface area contributed by atoms with Crippen molar-refractivity contribution in [2.75, 3.05) is 6.54 Å². The Bertz CT molecular complexity index is 1260. The summed E-state index contributed by atoms with van der Waals surface area (Å²) >= 11 is 0. The van der Waals surface area contributed by atoms with Crippen LogP contribution < -0.4 is 5.32 Å². The third-order valence-electron chi connectivity index (χ3n) is 5.99. The van der Waals surface area contributed by atoms with Crippen LogP contribution in [0.3, 0.4) is 0 Å². The molecule has 6 heteroatoms. The molecule has 3 aromatic heterocycles. The molecule has 1 atom stereocenters. The summed E-state index contributed by atoms with van der Waals surface area (Å²) in [5, 5.41) is 8.77. The van der Waals surface area contributed by atoms with Crippen molar-refractivity contribution in [3.8, 4) is 0 Å². The molecule has 0 bridgehead atoms. The molecule has 3 heterocycles. The lowest BCUT2D eigenvalue weighted by molar-refractivity contribution is -0.121. The maximum Gasteiger partial charge on any atom is 0.220 e. The molecular formula is C25H29N5O. The molecule has 0 aliphatic carbocycles. The number of benzene rings is 1. The predicted octanol–water partition coefficient (Wildman–Crippen LogP) is 4.36. The molecule has 0 saturated carbocycles. The number of fused-ring (bicyclic) bond motifs is 3. The second-order valence-corrected chi connectivity index (χ2v) is 8.39. The van der Waals surface area contributed by atoms with Crippen LogP contribution >= 0.6 is 0 Å². The predicted molar refractivity (Wildman–Crippen MR) is 123 cm³/mol. The van der Waals surface area contributed by atoms with Gasteiger partial charge in [-0.1, -0.05) is 37.3 Å². The molecular weight excluding hydrogens is 386 g/mol. The van der Waals surface area contributed by atoms with Gasteiger partial charge < -0.3 is 5.32 Å². The highest BCUT2D eigenvalue weighted by Gasteiger charge is 2.17. The smallest absolute Gasteiger partial charge is 0.220 e. The highest BCUT2D eigenvalue weighted by atomic mass is 16.1. The molecule has 0 unspecified atom stereocenters.